The lowest BCUT2D eigenvalue weighted by atomic mass is 9.97. The molecule has 1 aromatic heterocycles. The van der Waals surface area contributed by atoms with Crippen LogP contribution in [0.4, 0.5) is 0 Å². The molecule has 0 saturated heterocycles. The van der Waals surface area contributed by atoms with Crippen molar-refractivity contribution in [3.8, 4) is 5.75 Å². The molecule has 1 aromatic carbocycles. The van der Waals surface area contributed by atoms with Gasteiger partial charge in [-0.2, -0.15) is 0 Å². The first kappa shape index (κ1) is 14.0. The van der Waals surface area contributed by atoms with Crippen molar-refractivity contribution >= 4 is 5.97 Å². The van der Waals surface area contributed by atoms with E-state index in [9.17, 15) is 9.90 Å². The largest absolute Gasteiger partial charge is 0.489 e. The molecule has 0 amide bonds. The van der Waals surface area contributed by atoms with Crippen molar-refractivity contribution in [1.29, 1.82) is 0 Å². The molecule has 2 aromatic rings. The van der Waals surface area contributed by atoms with Gasteiger partial charge in [0, 0.05) is 0 Å². The number of pyridine rings is 1. The lowest BCUT2D eigenvalue weighted by Crippen LogP contribution is -2.29. The Labute approximate surface area is 116 Å². The van der Waals surface area contributed by atoms with Gasteiger partial charge in [0.25, 0.3) is 0 Å². The van der Waals surface area contributed by atoms with Gasteiger partial charge in [0.05, 0.1) is 6.20 Å². The molecule has 0 fully saturated rings. The van der Waals surface area contributed by atoms with Gasteiger partial charge in [0.15, 0.2) is 0 Å². The van der Waals surface area contributed by atoms with Crippen LogP contribution in [0.15, 0.2) is 48.7 Å². The van der Waals surface area contributed by atoms with Crippen LogP contribution in [0.25, 0.3) is 0 Å². The van der Waals surface area contributed by atoms with Gasteiger partial charge in [-0.1, -0.05) is 30.3 Å². The minimum Gasteiger partial charge on any atom is -0.489 e. The molecule has 0 saturated carbocycles. The monoisotopic (exact) mass is 273 g/mol. The molecule has 0 aliphatic rings. The van der Waals surface area contributed by atoms with Crippen molar-refractivity contribution in [2.24, 2.45) is 0 Å². The Balaban J connectivity index is 2.03. The summed E-state index contributed by atoms with van der Waals surface area (Å²) in [7, 11) is 0. The Morgan fingerprint density at radius 1 is 1.25 bits per heavy atom. The second-order valence-corrected chi connectivity index (χ2v) is 4.61. The number of aromatic nitrogens is 1. The number of hydrogen-bond donors (Lipinski definition) is 2. The van der Waals surface area contributed by atoms with Gasteiger partial charge in [-0.15, -0.1) is 0 Å². The van der Waals surface area contributed by atoms with Crippen molar-refractivity contribution in [1.82, 2.24) is 4.98 Å². The molecular formula is C15H15NO4. The van der Waals surface area contributed by atoms with Gasteiger partial charge >= 0.3 is 5.97 Å². The Morgan fingerprint density at radius 2 is 1.95 bits per heavy atom. The number of benzene rings is 1. The molecule has 2 rings (SSSR count). The first-order valence-corrected chi connectivity index (χ1v) is 6.09. The topological polar surface area (TPSA) is 79.7 Å². The molecule has 0 radical (unpaired) electrons. The van der Waals surface area contributed by atoms with Gasteiger partial charge in [-0.3, -0.25) is 0 Å². The fraction of sp³-hybridized carbons (Fsp3) is 0.200. The number of carbonyl (C=O) groups is 1. The predicted molar refractivity (Wildman–Crippen MR) is 72.7 cm³/mol. The van der Waals surface area contributed by atoms with Gasteiger partial charge in [0.2, 0.25) is 0 Å². The van der Waals surface area contributed by atoms with Crippen molar-refractivity contribution in [2.75, 3.05) is 6.61 Å². The summed E-state index contributed by atoms with van der Waals surface area (Å²) in [6.07, 6.45) is 1.32. The summed E-state index contributed by atoms with van der Waals surface area (Å²) in [6, 6.07) is 12.0. The molecule has 1 atom stereocenters. The Kier molecular flexibility index (Phi) is 4.00. The molecule has 2 N–H and O–H groups in total. The minimum atomic E-state index is -1.13. The molecule has 0 spiro atoms. The van der Waals surface area contributed by atoms with Crippen LogP contribution in [0.5, 0.6) is 5.75 Å². The molecule has 1 heterocycles. The molecule has 0 bridgehead atoms. The molecule has 5 heteroatoms. The first-order valence-electron chi connectivity index (χ1n) is 6.09. The second kappa shape index (κ2) is 5.71. The smallest absolute Gasteiger partial charge is 0.354 e. The summed E-state index contributed by atoms with van der Waals surface area (Å²) in [6.45, 7) is 1.70. The zero-order valence-corrected chi connectivity index (χ0v) is 11.0. The summed E-state index contributed by atoms with van der Waals surface area (Å²) in [5.41, 5.74) is -0.436. The number of hydrogen-bond acceptors (Lipinski definition) is 4. The van der Waals surface area contributed by atoms with E-state index in [1.807, 2.05) is 30.3 Å². The number of aliphatic hydroxyl groups is 1. The van der Waals surface area contributed by atoms with Crippen LogP contribution in [0.1, 0.15) is 23.0 Å². The van der Waals surface area contributed by atoms with Crippen molar-refractivity contribution in [3.63, 3.8) is 0 Å². The number of rotatable bonds is 5. The maximum absolute atomic E-state index is 10.7. The summed E-state index contributed by atoms with van der Waals surface area (Å²) in [5.74, 6) is -0.681. The van der Waals surface area contributed by atoms with E-state index >= 15 is 0 Å². The van der Waals surface area contributed by atoms with Crippen LogP contribution < -0.4 is 4.74 Å². The number of aromatic carboxylic acids is 1. The van der Waals surface area contributed by atoms with Crippen LogP contribution >= 0.6 is 0 Å². The van der Waals surface area contributed by atoms with E-state index in [1.165, 1.54) is 18.3 Å². The van der Waals surface area contributed by atoms with Gasteiger partial charge in [-0.25, -0.2) is 9.78 Å². The third-order valence-electron chi connectivity index (χ3n) is 2.87. The first-order chi connectivity index (χ1) is 9.49. The Bertz CT molecular complexity index is 579. The minimum absolute atomic E-state index is 0.0467. The highest BCUT2D eigenvalue weighted by molar-refractivity contribution is 5.85. The van der Waals surface area contributed by atoms with Crippen LogP contribution in [-0.4, -0.2) is 27.8 Å². The van der Waals surface area contributed by atoms with E-state index in [0.717, 1.165) is 5.56 Å². The normalized spacial score (nSPS) is 13.5. The van der Waals surface area contributed by atoms with Crippen molar-refractivity contribution < 1.29 is 19.7 Å². The summed E-state index contributed by atoms with van der Waals surface area (Å²) in [5, 5.41) is 19.1. The molecule has 0 aliphatic carbocycles. The van der Waals surface area contributed by atoms with E-state index in [4.69, 9.17) is 9.84 Å². The average Bonchev–Trinajstić information content (AvgIpc) is 2.46. The van der Waals surface area contributed by atoms with Gasteiger partial charge < -0.3 is 14.9 Å². The van der Waals surface area contributed by atoms with Crippen molar-refractivity contribution in [3.05, 3.63) is 59.9 Å². The highest BCUT2D eigenvalue weighted by Gasteiger charge is 2.23. The highest BCUT2D eigenvalue weighted by atomic mass is 16.5. The second-order valence-electron chi connectivity index (χ2n) is 4.61. The summed E-state index contributed by atoms with van der Waals surface area (Å²) >= 11 is 0. The quantitative estimate of drug-likeness (QED) is 0.871. The fourth-order valence-corrected chi connectivity index (χ4v) is 1.70. The number of carboxylic acid groups (broad SMARTS) is 1. The van der Waals surface area contributed by atoms with Gasteiger partial charge in [-0.05, 0) is 24.6 Å². The van der Waals surface area contributed by atoms with E-state index < -0.39 is 11.6 Å². The molecule has 0 aliphatic heterocycles. The molecule has 1 unspecified atom stereocenters. The zero-order valence-electron chi connectivity index (χ0n) is 11.0. The van der Waals surface area contributed by atoms with E-state index in [-0.39, 0.29) is 12.3 Å². The molecular weight excluding hydrogens is 258 g/mol. The van der Waals surface area contributed by atoms with Crippen LogP contribution in [0.3, 0.4) is 0 Å². The number of carboxylic acids is 1. The SMILES string of the molecule is CC(O)(COc1ccc(C(=O)O)nc1)c1ccccc1. The fourth-order valence-electron chi connectivity index (χ4n) is 1.70. The van der Waals surface area contributed by atoms with E-state index in [2.05, 4.69) is 4.98 Å². The molecule has 5 nitrogen and oxygen atoms in total. The standard InChI is InChI=1S/C15H15NO4/c1-15(19,11-5-3-2-4-6-11)10-20-12-7-8-13(14(17)18)16-9-12/h2-9,19H,10H2,1H3,(H,17,18). The van der Waals surface area contributed by atoms with Crippen molar-refractivity contribution in [2.45, 2.75) is 12.5 Å². The van der Waals surface area contributed by atoms with E-state index in [1.54, 1.807) is 6.92 Å². The third kappa shape index (κ3) is 3.33. The predicted octanol–water partition coefficient (Wildman–Crippen LogP) is 2.07. The number of nitrogens with zero attached hydrogens (tertiary/aromatic N) is 1. The Hall–Kier alpha value is -2.40. The maximum Gasteiger partial charge on any atom is 0.354 e. The zero-order chi connectivity index (χ0) is 14.6. The highest BCUT2D eigenvalue weighted by Crippen LogP contribution is 2.21. The third-order valence-corrected chi connectivity index (χ3v) is 2.87. The van der Waals surface area contributed by atoms with Crippen LogP contribution in [0.2, 0.25) is 0 Å². The molecule has 20 heavy (non-hydrogen) atoms. The molecule has 104 valence electrons. The lowest BCUT2D eigenvalue weighted by molar-refractivity contribution is 0.00745. The summed E-state index contributed by atoms with van der Waals surface area (Å²) < 4.78 is 5.45. The van der Waals surface area contributed by atoms with Crippen LogP contribution in [-0.2, 0) is 5.60 Å². The van der Waals surface area contributed by atoms with Crippen LogP contribution in [0, 0.1) is 0 Å². The maximum atomic E-state index is 10.7. The Morgan fingerprint density at radius 3 is 2.50 bits per heavy atom. The lowest BCUT2D eigenvalue weighted by Gasteiger charge is -2.23. The average molecular weight is 273 g/mol. The van der Waals surface area contributed by atoms with E-state index in [0.29, 0.717) is 5.75 Å². The van der Waals surface area contributed by atoms with Gasteiger partial charge in [0.1, 0.15) is 23.7 Å². The summed E-state index contributed by atoms with van der Waals surface area (Å²) in [4.78, 5) is 14.4. The number of ether oxygens (including phenoxy) is 1.